The largest absolute Gasteiger partial charge is 0.397 e. The normalized spacial score (nSPS) is 17.7. The number of rotatable bonds is 0. The van der Waals surface area contributed by atoms with Gasteiger partial charge in [-0.15, -0.1) is 0 Å². The maximum absolute atomic E-state index is 6.79. The van der Waals surface area contributed by atoms with Gasteiger partial charge in [0.05, 0.1) is 16.8 Å². The Kier molecular flexibility index (Phi) is 3.00. The van der Waals surface area contributed by atoms with E-state index in [-0.39, 0.29) is 0 Å². The third kappa shape index (κ3) is 1.78. The molecular weight excluding hydrogens is 352 g/mol. The summed E-state index contributed by atoms with van der Waals surface area (Å²) in [6, 6.07) is 26.5. The van der Waals surface area contributed by atoms with Gasteiger partial charge in [-0.2, -0.15) is 0 Å². The number of anilines is 2. The van der Waals surface area contributed by atoms with Crippen molar-refractivity contribution in [2.75, 3.05) is 11.5 Å². The maximum Gasteiger partial charge on any atom is 0.0746 e. The molecule has 0 amide bonds. The van der Waals surface area contributed by atoms with Crippen LogP contribution in [0.25, 0.3) is 22.3 Å². The summed E-state index contributed by atoms with van der Waals surface area (Å²) in [7, 11) is 0. The average Bonchev–Trinajstić information content (AvgIpc) is 3.18. The van der Waals surface area contributed by atoms with E-state index in [1.54, 1.807) is 0 Å². The van der Waals surface area contributed by atoms with Crippen LogP contribution in [0, 0.1) is 13.8 Å². The zero-order valence-electron chi connectivity index (χ0n) is 16.6. The summed E-state index contributed by atoms with van der Waals surface area (Å²) in [5.41, 5.74) is 26.6. The molecule has 0 aliphatic heterocycles. The smallest absolute Gasteiger partial charge is 0.0746 e. The predicted octanol–water partition coefficient (Wildman–Crippen LogP) is 5.81. The highest BCUT2D eigenvalue weighted by Crippen LogP contribution is 2.64. The third-order valence-corrected chi connectivity index (χ3v) is 6.81. The summed E-state index contributed by atoms with van der Waals surface area (Å²) < 4.78 is 0. The van der Waals surface area contributed by atoms with E-state index in [1.165, 1.54) is 44.5 Å². The average molecular weight is 374 g/mol. The van der Waals surface area contributed by atoms with E-state index in [2.05, 4.69) is 79.7 Å². The molecule has 0 saturated carbocycles. The van der Waals surface area contributed by atoms with E-state index in [0.717, 1.165) is 11.1 Å². The van der Waals surface area contributed by atoms with Gasteiger partial charge in [-0.25, -0.2) is 0 Å². The summed E-state index contributed by atoms with van der Waals surface area (Å²) >= 11 is 0. The van der Waals surface area contributed by atoms with Crippen molar-refractivity contribution in [1.29, 1.82) is 0 Å². The number of nitrogen functional groups attached to an aromatic ring is 2. The molecule has 0 bridgehead atoms. The van der Waals surface area contributed by atoms with E-state index in [1.807, 2.05) is 6.92 Å². The van der Waals surface area contributed by atoms with E-state index < -0.39 is 5.41 Å². The summed E-state index contributed by atoms with van der Waals surface area (Å²) in [4.78, 5) is 0. The Bertz CT molecular complexity index is 1340. The number of nitrogens with two attached hydrogens (primary N) is 2. The maximum atomic E-state index is 6.79. The fraction of sp³-hybridized carbons (Fsp3) is 0.111. The summed E-state index contributed by atoms with van der Waals surface area (Å²) in [6.07, 6.45) is 0. The van der Waals surface area contributed by atoms with E-state index in [0.29, 0.717) is 11.4 Å². The van der Waals surface area contributed by atoms with Crippen LogP contribution in [0.2, 0.25) is 0 Å². The first-order valence-corrected chi connectivity index (χ1v) is 10.0. The number of hydrogen-bond acceptors (Lipinski definition) is 2. The Morgan fingerprint density at radius 2 is 1.17 bits per heavy atom. The molecule has 4 aromatic carbocycles. The molecule has 0 radical (unpaired) electrons. The van der Waals surface area contributed by atoms with Gasteiger partial charge in [-0.3, -0.25) is 0 Å². The van der Waals surface area contributed by atoms with Gasteiger partial charge in [0.2, 0.25) is 0 Å². The SMILES string of the molecule is Cc1ccc2c(c1)-c1ccccc1C21c2ccccc2-c2cc(C)c(N)c(N)c21. The van der Waals surface area contributed by atoms with Gasteiger partial charge >= 0.3 is 0 Å². The first-order valence-electron chi connectivity index (χ1n) is 10.0. The lowest BCUT2D eigenvalue weighted by Gasteiger charge is -2.32. The summed E-state index contributed by atoms with van der Waals surface area (Å²) in [5, 5.41) is 0. The van der Waals surface area contributed by atoms with Crippen LogP contribution in [0.15, 0.2) is 72.8 Å². The van der Waals surface area contributed by atoms with Crippen molar-refractivity contribution < 1.29 is 0 Å². The molecular formula is C27H22N2. The molecule has 2 aliphatic carbocycles. The molecule has 140 valence electrons. The van der Waals surface area contributed by atoms with Crippen LogP contribution in [0.4, 0.5) is 11.4 Å². The molecule has 0 saturated heterocycles. The number of benzene rings is 4. The standard InChI is InChI=1S/C27H22N2/c1-15-11-12-23-19(13-15)17-7-3-5-9-21(17)27(23)22-10-6-4-8-18(22)20-14-16(2)25(28)26(29)24(20)27/h3-14H,28-29H2,1-2H3. The monoisotopic (exact) mass is 374 g/mol. The molecule has 29 heavy (non-hydrogen) atoms. The van der Waals surface area contributed by atoms with Crippen LogP contribution >= 0.6 is 0 Å². The van der Waals surface area contributed by atoms with Crippen LogP contribution in [0.1, 0.15) is 33.4 Å². The van der Waals surface area contributed by atoms with E-state index in [4.69, 9.17) is 11.5 Å². The van der Waals surface area contributed by atoms with Gasteiger partial charge in [0.15, 0.2) is 0 Å². The second-order valence-electron chi connectivity index (χ2n) is 8.33. The van der Waals surface area contributed by atoms with Gasteiger partial charge in [-0.1, -0.05) is 72.3 Å². The predicted molar refractivity (Wildman–Crippen MR) is 121 cm³/mol. The second-order valence-corrected chi connectivity index (χ2v) is 8.33. The minimum absolute atomic E-state index is 0.419. The van der Waals surface area contributed by atoms with Crippen LogP contribution < -0.4 is 11.5 Å². The summed E-state index contributed by atoms with van der Waals surface area (Å²) in [6.45, 7) is 4.19. The lowest BCUT2D eigenvalue weighted by atomic mass is 9.70. The summed E-state index contributed by atoms with van der Waals surface area (Å²) in [5.74, 6) is 0. The van der Waals surface area contributed by atoms with Crippen molar-refractivity contribution in [2.45, 2.75) is 19.3 Å². The van der Waals surface area contributed by atoms with Crippen molar-refractivity contribution >= 4 is 11.4 Å². The van der Waals surface area contributed by atoms with Crippen LogP contribution in [0.3, 0.4) is 0 Å². The Balaban J connectivity index is 1.89. The molecule has 0 fully saturated rings. The van der Waals surface area contributed by atoms with Gasteiger partial charge < -0.3 is 11.5 Å². The fourth-order valence-corrected chi connectivity index (χ4v) is 5.61. The van der Waals surface area contributed by atoms with Crippen molar-refractivity contribution in [2.24, 2.45) is 0 Å². The Hall–Kier alpha value is -3.52. The Morgan fingerprint density at radius 1 is 0.586 bits per heavy atom. The molecule has 2 nitrogen and oxygen atoms in total. The van der Waals surface area contributed by atoms with E-state index >= 15 is 0 Å². The quantitative estimate of drug-likeness (QED) is 0.330. The zero-order chi connectivity index (χ0) is 19.9. The van der Waals surface area contributed by atoms with Crippen molar-refractivity contribution in [3.8, 4) is 22.3 Å². The molecule has 2 aliphatic rings. The van der Waals surface area contributed by atoms with Crippen molar-refractivity contribution in [3.63, 3.8) is 0 Å². The third-order valence-electron chi connectivity index (χ3n) is 6.81. The number of aryl methyl sites for hydroxylation is 2. The lowest BCUT2D eigenvalue weighted by molar-refractivity contribution is 0.796. The zero-order valence-corrected chi connectivity index (χ0v) is 16.6. The Morgan fingerprint density at radius 3 is 1.86 bits per heavy atom. The van der Waals surface area contributed by atoms with Crippen LogP contribution in [0.5, 0.6) is 0 Å². The molecule has 2 heteroatoms. The molecule has 0 aromatic heterocycles. The highest BCUT2D eigenvalue weighted by atomic mass is 14.7. The molecule has 6 rings (SSSR count). The molecule has 0 heterocycles. The molecule has 4 aromatic rings. The van der Waals surface area contributed by atoms with Gasteiger partial charge in [0.1, 0.15) is 0 Å². The highest BCUT2D eigenvalue weighted by Gasteiger charge is 2.52. The fourth-order valence-electron chi connectivity index (χ4n) is 5.61. The molecule has 4 N–H and O–H groups in total. The van der Waals surface area contributed by atoms with Crippen molar-refractivity contribution in [1.82, 2.24) is 0 Å². The van der Waals surface area contributed by atoms with Gasteiger partial charge in [0, 0.05) is 5.56 Å². The van der Waals surface area contributed by atoms with Crippen molar-refractivity contribution in [3.05, 3.63) is 106 Å². The van der Waals surface area contributed by atoms with Crippen LogP contribution in [-0.4, -0.2) is 0 Å². The van der Waals surface area contributed by atoms with Gasteiger partial charge in [0.25, 0.3) is 0 Å². The minimum atomic E-state index is -0.419. The number of fused-ring (bicyclic) bond motifs is 10. The topological polar surface area (TPSA) is 52.0 Å². The number of hydrogen-bond donors (Lipinski definition) is 2. The molecule has 1 unspecified atom stereocenters. The van der Waals surface area contributed by atoms with Crippen LogP contribution in [-0.2, 0) is 5.41 Å². The lowest BCUT2D eigenvalue weighted by Crippen LogP contribution is -2.27. The minimum Gasteiger partial charge on any atom is -0.397 e. The van der Waals surface area contributed by atoms with Gasteiger partial charge in [-0.05, 0) is 64.4 Å². The second kappa shape index (κ2) is 5.30. The van der Waals surface area contributed by atoms with E-state index in [9.17, 15) is 0 Å². The highest BCUT2D eigenvalue weighted by molar-refractivity contribution is 5.99. The molecule has 1 spiro atoms. The Labute approximate surface area is 170 Å². The first kappa shape index (κ1) is 16.4. The molecule has 1 atom stereocenters. The first-order chi connectivity index (χ1) is 14.0.